The zero-order valence-corrected chi connectivity index (χ0v) is 14.3. The van der Waals surface area contributed by atoms with Gasteiger partial charge < -0.3 is 19.1 Å². The Hall–Kier alpha value is -2.24. The molecule has 1 amide bonds. The number of amides is 1. The summed E-state index contributed by atoms with van der Waals surface area (Å²) in [6.45, 7) is 8.89. The molecule has 0 saturated carbocycles. The second-order valence-corrected chi connectivity index (χ2v) is 5.04. The third kappa shape index (κ3) is 5.81. The summed E-state index contributed by atoms with van der Waals surface area (Å²) < 4.78 is 15.4. The minimum atomic E-state index is -0.821. The molecule has 0 N–H and O–H groups in total. The summed E-state index contributed by atoms with van der Waals surface area (Å²) in [7, 11) is 0. The summed E-state index contributed by atoms with van der Waals surface area (Å²) >= 11 is 0. The maximum absolute atomic E-state index is 12.3. The highest BCUT2D eigenvalue weighted by Gasteiger charge is 2.19. The lowest BCUT2D eigenvalue weighted by atomic mass is 10.2. The molecule has 0 aliphatic rings. The molecule has 23 heavy (non-hydrogen) atoms. The van der Waals surface area contributed by atoms with E-state index < -0.39 is 12.2 Å². The number of para-hydroxylation sites is 1. The molecule has 0 fully saturated rings. The maximum atomic E-state index is 12.3. The Morgan fingerprint density at radius 1 is 1.04 bits per heavy atom. The summed E-state index contributed by atoms with van der Waals surface area (Å²) in [6, 6.07) is 5.09. The van der Waals surface area contributed by atoms with Gasteiger partial charge in [-0.3, -0.25) is 0 Å². The molecule has 0 unspecified atom stereocenters. The smallest absolute Gasteiger partial charge is 0.434 e. The van der Waals surface area contributed by atoms with Crippen LogP contribution in [0.25, 0.3) is 0 Å². The van der Waals surface area contributed by atoms with Crippen molar-refractivity contribution in [2.24, 2.45) is 0 Å². The Kier molecular flexibility index (Phi) is 7.94. The quantitative estimate of drug-likeness (QED) is 0.557. The van der Waals surface area contributed by atoms with E-state index in [0.29, 0.717) is 18.7 Å². The van der Waals surface area contributed by atoms with Gasteiger partial charge in [0, 0.05) is 13.1 Å². The summed E-state index contributed by atoms with van der Waals surface area (Å²) in [5.41, 5.74) is 0.681. The predicted octanol–water partition coefficient (Wildman–Crippen LogP) is 4.15. The van der Waals surface area contributed by atoms with Crippen LogP contribution in [0.2, 0.25) is 0 Å². The standard InChI is InChI=1S/C17H25NO5/c1-5-11-18(12-6-2)16(19)22-14-10-8-9-13(4)15(14)23-17(20)21-7-3/h8-10H,5-7,11-12H2,1-4H3. The highest BCUT2D eigenvalue weighted by atomic mass is 16.7. The van der Waals surface area contributed by atoms with Crippen molar-refractivity contribution in [3.05, 3.63) is 23.8 Å². The Morgan fingerprint density at radius 2 is 1.70 bits per heavy atom. The van der Waals surface area contributed by atoms with E-state index in [4.69, 9.17) is 14.2 Å². The van der Waals surface area contributed by atoms with Gasteiger partial charge in [-0.05, 0) is 38.3 Å². The molecular weight excluding hydrogens is 298 g/mol. The van der Waals surface area contributed by atoms with E-state index in [1.54, 1.807) is 36.9 Å². The second-order valence-electron chi connectivity index (χ2n) is 5.04. The molecule has 6 nitrogen and oxygen atoms in total. The fourth-order valence-electron chi connectivity index (χ4n) is 2.06. The first-order valence-corrected chi connectivity index (χ1v) is 7.94. The lowest BCUT2D eigenvalue weighted by Crippen LogP contribution is -2.35. The molecule has 0 aromatic heterocycles. The largest absolute Gasteiger partial charge is 0.513 e. The molecule has 6 heteroatoms. The van der Waals surface area contributed by atoms with Gasteiger partial charge >= 0.3 is 12.2 Å². The predicted molar refractivity (Wildman–Crippen MR) is 87.0 cm³/mol. The first kappa shape index (κ1) is 18.8. The minimum Gasteiger partial charge on any atom is -0.434 e. The Balaban J connectivity index is 2.92. The molecule has 0 atom stereocenters. The number of benzene rings is 1. The van der Waals surface area contributed by atoms with Crippen LogP contribution >= 0.6 is 0 Å². The Bertz CT molecular complexity index is 524. The first-order valence-electron chi connectivity index (χ1n) is 7.94. The lowest BCUT2D eigenvalue weighted by molar-refractivity contribution is 0.101. The molecule has 0 aliphatic carbocycles. The van der Waals surface area contributed by atoms with Gasteiger partial charge in [0.15, 0.2) is 11.5 Å². The molecule has 0 radical (unpaired) electrons. The summed E-state index contributed by atoms with van der Waals surface area (Å²) in [5, 5.41) is 0. The monoisotopic (exact) mass is 323 g/mol. The summed E-state index contributed by atoms with van der Waals surface area (Å²) in [5.74, 6) is 0.410. The van der Waals surface area contributed by atoms with Crippen molar-refractivity contribution < 1.29 is 23.8 Å². The number of hydrogen-bond donors (Lipinski definition) is 0. The molecule has 128 valence electrons. The normalized spacial score (nSPS) is 10.1. The van der Waals surface area contributed by atoms with Gasteiger partial charge in [0.1, 0.15) is 0 Å². The van der Waals surface area contributed by atoms with Crippen molar-refractivity contribution in [2.75, 3.05) is 19.7 Å². The van der Waals surface area contributed by atoms with Gasteiger partial charge in [0.2, 0.25) is 0 Å². The number of aryl methyl sites for hydroxylation is 1. The van der Waals surface area contributed by atoms with Crippen LogP contribution in [-0.2, 0) is 4.74 Å². The number of rotatable bonds is 7. The van der Waals surface area contributed by atoms with Gasteiger partial charge in [0.25, 0.3) is 0 Å². The maximum Gasteiger partial charge on any atom is 0.513 e. The highest BCUT2D eigenvalue weighted by Crippen LogP contribution is 2.31. The first-order chi connectivity index (χ1) is 11.0. The molecular formula is C17H25NO5. The number of nitrogens with zero attached hydrogens (tertiary/aromatic N) is 1. The van der Waals surface area contributed by atoms with Crippen LogP contribution in [0.3, 0.4) is 0 Å². The van der Waals surface area contributed by atoms with Crippen molar-refractivity contribution in [1.82, 2.24) is 4.90 Å². The number of carbonyl (C=O) groups excluding carboxylic acids is 2. The van der Waals surface area contributed by atoms with Crippen molar-refractivity contribution >= 4 is 12.2 Å². The topological polar surface area (TPSA) is 65.1 Å². The van der Waals surface area contributed by atoms with E-state index in [0.717, 1.165) is 12.8 Å². The molecule has 0 heterocycles. The van der Waals surface area contributed by atoms with Gasteiger partial charge in [-0.2, -0.15) is 0 Å². The zero-order chi connectivity index (χ0) is 17.2. The molecule has 1 rings (SSSR count). The van der Waals surface area contributed by atoms with Crippen LogP contribution in [0.1, 0.15) is 39.2 Å². The number of carbonyl (C=O) groups is 2. The molecule has 0 spiro atoms. The van der Waals surface area contributed by atoms with Crippen LogP contribution in [0.15, 0.2) is 18.2 Å². The molecule has 1 aromatic carbocycles. The molecule has 0 aliphatic heterocycles. The lowest BCUT2D eigenvalue weighted by Gasteiger charge is -2.21. The van der Waals surface area contributed by atoms with E-state index in [1.165, 1.54) is 0 Å². The van der Waals surface area contributed by atoms with Crippen LogP contribution in [0, 0.1) is 6.92 Å². The van der Waals surface area contributed by atoms with Crippen molar-refractivity contribution in [3.63, 3.8) is 0 Å². The van der Waals surface area contributed by atoms with Crippen LogP contribution < -0.4 is 9.47 Å². The van der Waals surface area contributed by atoms with Crippen molar-refractivity contribution in [2.45, 2.75) is 40.5 Å². The fraction of sp³-hybridized carbons (Fsp3) is 0.529. The SMILES string of the molecule is CCCN(CCC)C(=O)Oc1cccc(C)c1OC(=O)OCC. The van der Waals surface area contributed by atoms with Gasteiger partial charge in [-0.25, -0.2) is 9.59 Å². The zero-order valence-electron chi connectivity index (χ0n) is 14.3. The van der Waals surface area contributed by atoms with Crippen molar-refractivity contribution in [1.29, 1.82) is 0 Å². The van der Waals surface area contributed by atoms with Crippen LogP contribution in [0.4, 0.5) is 9.59 Å². The third-order valence-electron chi connectivity index (χ3n) is 3.07. The van der Waals surface area contributed by atoms with E-state index >= 15 is 0 Å². The summed E-state index contributed by atoms with van der Waals surface area (Å²) in [4.78, 5) is 25.5. The van der Waals surface area contributed by atoms with Gasteiger partial charge in [-0.15, -0.1) is 0 Å². The van der Waals surface area contributed by atoms with Crippen LogP contribution in [0.5, 0.6) is 11.5 Å². The van der Waals surface area contributed by atoms with Gasteiger partial charge in [0.05, 0.1) is 6.61 Å². The number of hydrogen-bond acceptors (Lipinski definition) is 5. The van der Waals surface area contributed by atoms with Crippen LogP contribution in [-0.4, -0.2) is 36.8 Å². The minimum absolute atomic E-state index is 0.201. The van der Waals surface area contributed by atoms with E-state index in [1.807, 2.05) is 13.8 Å². The van der Waals surface area contributed by atoms with Gasteiger partial charge in [-0.1, -0.05) is 26.0 Å². The fourth-order valence-corrected chi connectivity index (χ4v) is 2.06. The molecule has 1 aromatic rings. The van der Waals surface area contributed by atoms with E-state index in [2.05, 4.69) is 0 Å². The number of ether oxygens (including phenoxy) is 3. The molecule has 0 saturated heterocycles. The molecule has 0 bridgehead atoms. The Morgan fingerprint density at radius 3 is 2.26 bits per heavy atom. The summed E-state index contributed by atoms with van der Waals surface area (Å²) in [6.07, 6.45) is 0.413. The van der Waals surface area contributed by atoms with E-state index in [9.17, 15) is 9.59 Å². The highest BCUT2D eigenvalue weighted by molar-refractivity contribution is 5.73. The van der Waals surface area contributed by atoms with Crippen molar-refractivity contribution in [3.8, 4) is 11.5 Å². The third-order valence-corrected chi connectivity index (χ3v) is 3.07. The van der Waals surface area contributed by atoms with E-state index in [-0.39, 0.29) is 18.1 Å². The Labute approximate surface area is 137 Å². The average molecular weight is 323 g/mol. The average Bonchev–Trinajstić information content (AvgIpc) is 2.50. The second kappa shape index (κ2) is 9.71.